The first kappa shape index (κ1) is 24.9. The average Bonchev–Trinajstić information content (AvgIpc) is 3.27. The van der Waals surface area contributed by atoms with E-state index in [1.165, 1.54) is 17.8 Å². The molecule has 1 aliphatic rings. The fourth-order valence-electron chi connectivity index (χ4n) is 3.75. The Bertz CT molecular complexity index is 916. The molecule has 32 heavy (non-hydrogen) atoms. The molecule has 1 N–H and O–H groups in total. The highest BCUT2D eigenvalue weighted by atomic mass is 35.5. The van der Waals surface area contributed by atoms with Crippen molar-refractivity contribution in [3.05, 3.63) is 69.5 Å². The van der Waals surface area contributed by atoms with E-state index >= 15 is 0 Å². The van der Waals surface area contributed by atoms with Crippen LogP contribution in [0.1, 0.15) is 43.7 Å². The standard InChI is InChI=1S/C24H27Cl2FN2O2S/c1-16(24(31)28-19-5-2-3-6-19)29(13-17-9-11-18(25)12-10-17)23(30)15-32-14-20-21(26)7-4-8-22(20)27/h4,7-12,16,19H,2-3,5-6,13-15H2,1H3,(H,28,31). The maximum atomic E-state index is 14.0. The van der Waals surface area contributed by atoms with Crippen molar-refractivity contribution in [2.75, 3.05) is 5.75 Å². The van der Waals surface area contributed by atoms with E-state index in [9.17, 15) is 14.0 Å². The third-order valence-corrected chi connectivity index (χ3v) is 7.22. The molecular weight excluding hydrogens is 470 g/mol. The highest BCUT2D eigenvalue weighted by Gasteiger charge is 2.28. The summed E-state index contributed by atoms with van der Waals surface area (Å²) < 4.78 is 14.0. The molecule has 1 fully saturated rings. The summed E-state index contributed by atoms with van der Waals surface area (Å²) in [5, 5.41) is 4.03. The van der Waals surface area contributed by atoms with Crippen LogP contribution in [0, 0.1) is 5.82 Å². The maximum Gasteiger partial charge on any atom is 0.242 e. The van der Waals surface area contributed by atoms with Crippen LogP contribution in [0.15, 0.2) is 42.5 Å². The molecule has 1 atom stereocenters. The number of thioether (sulfide) groups is 1. The molecule has 2 aromatic carbocycles. The summed E-state index contributed by atoms with van der Waals surface area (Å²) in [6.45, 7) is 2.03. The van der Waals surface area contributed by atoms with E-state index in [0.29, 0.717) is 15.6 Å². The van der Waals surface area contributed by atoms with Crippen LogP contribution in [0.5, 0.6) is 0 Å². The molecule has 0 saturated heterocycles. The second-order valence-corrected chi connectivity index (χ2v) is 9.84. The molecule has 1 saturated carbocycles. The molecule has 0 spiro atoms. The minimum Gasteiger partial charge on any atom is -0.352 e. The summed E-state index contributed by atoms with van der Waals surface area (Å²) >= 11 is 13.3. The number of carbonyl (C=O) groups excluding carboxylic acids is 2. The van der Waals surface area contributed by atoms with Gasteiger partial charge in [-0.15, -0.1) is 11.8 Å². The Balaban J connectivity index is 1.67. The Morgan fingerprint density at radius 3 is 2.50 bits per heavy atom. The van der Waals surface area contributed by atoms with Crippen LogP contribution in [0.2, 0.25) is 10.0 Å². The van der Waals surface area contributed by atoms with Crippen molar-refractivity contribution in [1.29, 1.82) is 0 Å². The van der Waals surface area contributed by atoms with Crippen molar-refractivity contribution in [2.24, 2.45) is 0 Å². The zero-order valence-electron chi connectivity index (χ0n) is 18.0. The Morgan fingerprint density at radius 2 is 1.84 bits per heavy atom. The van der Waals surface area contributed by atoms with Gasteiger partial charge in [-0.05, 0) is 49.6 Å². The van der Waals surface area contributed by atoms with E-state index in [-0.39, 0.29) is 41.7 Å². The molecule has 0 heterocycles. The number of nitrogens with zero attached hydrogens (tertiary/aromatic N) is 1. The van der Waals surface area contributed by atoms with Gasteiger partial charge in [0, 0.05) is 33.9 Å². The monoisotopic (exact) mass is 496 g/mol. The lowest BCUT2D eigenvalue weighted by atomic mass is 10.1. The number of hydrogen-bond acceptors (Lipinski definition) is 3. The van der Waals surface area contributed by atoms with Crippen molar-refractivity contribution in [2.45, 2.75) is 57.0 Å². The van der Waals surface area contributed by atoms with Crippen LogP contribution in [0.25, 0.3) is 0 Å². The van der Waals surface area contributed by atoms with Crippen LogP contribution >= 0.6 is 35.0 Å². The van der Waals surface area contributed by atoms with Crippen LogP contribution in [-0.4, -0.2) is 34.6 Å². The van der Waals surface area contributed by atoms with Gasteiger partial charge >= 0.3 is 0 Å². The first-order chi connectivity index (χ1) is 15.3. The number of hydrogen-bond donors (Lipinski definition) is 1. The summed E-state index contributed by atoms with van der Waals surface area (Å²) in [5.41, 5.74) is 1.26. The molecule has 3 rings (SSSR count). The molecule has 1 aliphatic carbocycles. The molecule has 0 aromatic heterocycles. The van der Waals surface area contributed by atoms with Gasteiger partial charge in [0.2, 0.25) is 11.8 Å². The predicted octanol–water partition coefficient (Wildman–Crippen LogP) is 5.84. The largest absolute Gasteiger partial charge is 0.352 e. The van der Waals surface area contributed by atoms with Gasteiger partial charge < -0.3 is 10.2 Å². The highest BCUT2D eigenvalue weighted by Crippen LogP contribution is 2.25. The molecule has 0 radical (unpaired) electrons. The molecular formula is C24H27Cl2FN2O2S. The minimum atomic E-state index is -0.628. The third-order valence-electron chi connectivity index (χ3n) is 5.67. The fourth-order valence-corrected chi connectivity index (χ4v) is 5.13. The SMILES string of the molecule is CC(C(=O)NC1CCCC1)N(Cc1ccc(Cl)cc1)C(=O)CSCc1c(F)cccc1Cl. The number of benzene rings is 2. The van der Waals surface area contributed by atoms with E-state index in [0.717, 1.165) is 31.2 Å². The molecule has 1 unspecified atom stereocenters. The molecule has 172 valence electrons. The molecule has 4 nitrogen and oxygen atoms in total. The molecule has 0 bridgehead atoms. The zero-order chi connectivity index (χ0) is 23.1. The van der Waals surface area contributed by atoms with Crippen LogP contribution < -0.4 is 5.32 Å². The number of nitrogens with one attached hydrogen (secondary N) is 1. The first-order valence-electron chi connectivity index (χ1n) is 10.7. The van der Waals surface area contributed by atoms with Gasteiger partial charge in [0.05, 0.1) is 5.75 Å². The van der Waals surface area contributed by atoms with Crippen molar-refractivity contribution in [3.8, 4) is 0 Å². The van der Waals surface area contributed by atoms with E-state index in [1.54, 1.807) is 36.1 Å². The molecule has 2 aromatic rings. The van der Waals surface area contributed by atoms with Crippen LogP contribution in [-0.2, 0) is 21.9 Å². The quantitative estimate of drug-likeness (QED) is 0.474. The number of carbonyl (C=O) groups is 2. The minimum absolute atomic E-state index is 0.110. The van der Waals surface area contributed by atoms with Crippen molar-refractivity contribution in [1.82, 2.24) is 10.2 Å². The lowest BCUT2D eigenvalue weighted by molar-refractivity contribution is -0.138. The molecule has 8 heteroatoms. The smallest absolute Gasteiger partial charge is 0.242 e. The Morgan fingerprint density at radius 1 is 1.16 bits per heavy atom. The van der Waals surface area contributed by atoms with E-state index in [2.05, 4.69) is 5.32 Å². The van der Waals surface area contributed by atoms with Crippen LogP contribution in [0.4, 0.5) is 4.39 Å². The van der Waals surface area contributed by atoms with Gasteiger partial charge in [-0.3, -0.25) is 9.59 Å². The Labute approximate surface area is 202 Å². The highest BCUT2D eigenvalue weighted by molar-refractivity contribution is 7.99. The number of amides is 2. The third kappa shape index (κ3) is 6.87. The second kappa shape index (κ2) is 11.9. The number of halogens is 3. The van der Waals surface area contributed by atoms with Gasteiger partial charge in [-0.2, -0.15) is 0 Å². The molecule has 2 amide bonds. The van der Waals surface area contributed by atoms with Gasteiger partial charge in [-0.25, -0.2) is 4.39 Å². The fraction of sp³-hybridized carbons (Fsp3) is 0.417. The maximum absolute atomic E-state index is 14.0. The average molecular weight is 497 g/mol. The second-order valence-electron chi connectivity index (χ2n) is 8.01. The van der Waals surface area contributed by atoms with Crippen LogP contribution in [0.3, 0.4) is 0 Å². The Hall–Kier alpha value is -1.76. The molecule has 0 aliphatic heterocycles. The van der Waals surface area contributed by atoms with E-state index in [1.807, 2.05) is 12.1 Å². The summed E-state index contributed by atoms with van der Waals surface area (Å²) in [4.78, 5) is 27.6. The van der Waals surface area contributed by atoms with E-state index < -0.39 is 6.04 Å². The van der Waals surface area contributed by atoms with Crippen molar-refractivity contribution in [3.63, 3.8) is 0 Å². The van der Waals surface area contributed by atoms with E-state index in [4.69, 9.17) is 23.2 Å². The number of rotatable bonds is 9. The van der Waals surface area contributed by atoms with Crippen molar-refractivity contribution < 1.29 is 14.0 Å². The summed E-state index contributed by atoms with van der Waals surface area (Å²) in [5.74, 6) is -0.346. The normalized spacial score (nSPS) is 14.9. The lowest BCUT2D eigenvalue weighted by Gasteiger charge is -2.29. The predicted molar refractivity (Wildman–Crippen MR) is 129 cm³/mol. The first-order valence-corrected chi connectivity index (χ1v) is 12.6. The lowest BCUT2D eigenvalue weighted by Crippen LogP contribution is -2.50. The summed E-state index contributed by atoms with van der Waals surface area (Å²) in [7, 11) is 0. The van der Waals surface area contributed by atoms with Gasteiger partial charge in [0.25, 0.3) is 0 Å². The van der Waals surface area contributed by atoms with Gasteiger partial charge in [0.1, 0.15) is 11.9 Å². The summed E-state index contributed by atoms with van der Waals surface area (Å²) in [6, 6.07) is 11.3. The summed E-state index contributed by atoms with van der Waals surface area (Å²) in [6.07, 6.45) is 4.18. The van der Waals surface area contributed by atoms with Gasteiger partial charge in [-0.1, -0.05) is 54.2 Å². The van der Waals surface area contributed by atoms with Crippen molar-refractivity contribution >= 4 is 46.8 Å². The Kier molecular flexibility index (Phi) is 9.26. The van der Waals surface area contributed by atoms with Gasteiger partial charge in [0.15, 0.2) is 0 Å². The zero-order valence-corrected chi connectivity index (χ0v) is 20.3. The topological polar surface area (TPSA) is 49.4 Å².